The van der Waals surface area contributed by atoms with Crippen molar-refractivity contribution in [3.05, 3.63) is 41.7 Å². The smallest absolute Gasteiger partial charge is 0.276 e. The largest absolute Gasteiger partial charge is 0.496 e. The fourth-order valence-corrected chi connectivity index (χ4v) is 4.47. The number of piperazine rings is 1. The van der Waals surface area contributed by atoms with Crippen LogP contribution in [0.2, 0.25) is 0 Å². The molecular formula is C22H31N5O2. The first kappa shape index (κ1) is 19.9. The summed E-state index contributed by atoms with van der Waals surface area (Å²) in [7, 11) is 1.71. The maximum Gasteiger partial charge on any atom is 0.276 e. The van der Waals surface area contributed by atoms with Crippen LogP contribution in [0.25, 0.3) is 0 Å². The van der Waals surface area contributed by atoms with Crippen LogP contribution in [0.1, 0.15) is 48.2 Å². The molecule has 2 aliphatic rings. The van der Waals surface area contributed by atoms with Crippen molar-refractivity contribution in [3.63, 3.8) is 0 Å². The fourth-order valence-electron chi connectivity index (χ4n) is 4.47. The highest BCUT2D eigenvalue weighted by atomic mass is 16.5. The van der Waals surface area contributed by atoms with Crippen molar-refractivity contribution in [3.8, 4) is 5.75 Å². The molecule has 0 spiro atoms. The number of carbonyl (C=O) groups is 1. The average Bonchev–Trinajstić information content (AvgIpc) is 3.23. The standard InChI is InChI=1S/C22H31N5O2/c1-29-21-10-6-5-9-19(21)16-25-11-13-26(14-12-25)22(28)20-17-27(24-23-20)15-18-7-3-2-4-8-18/h5-6,9-10,17-18H,2-4,7-8,11-16H2,1H3. The van der Waals surface area contributed by atoms with E-state index in [-0.39, 0.29) is 5.91 Å². The lowest BCUT2D eigenvalue weighted by Crippen LogP contribution is -2.48. The molecule has 7 heteroatoms. The van der Waals surface area contributed by atoms with Gasteiger partial charge in [0.2, 0.25) is 0 Å². The van der Waals surface area contributed by atoms with Gasteiger partial charge in [-0.2, -0.15) is 0 Å². The van der Waals surface area contributed by atoms with E-state index in [1.165, 1.54) is 37.7 Å². The van der Waals surface area contributed by atoms with Gasteiger partial charge in [0.05, 0.1) is 13.3 Å². The summed E-state index contributed by atoms with van der Waals surface area (Å²) < 4.78 is 7.31. The average molecular weight is 398 g/mol. The molecule has 2 fully saturated rings. The summed E-state index contributed by atoms with van der Waals surface area (Å²) in [6.45, 7) is 4.84. The maximum absolute atomic E-state index is 12.8. The molecule has 1 aliphatic heterocycles. The Morgan fingerprint density at radius 2 is 1.86 bits per heavy atom. The summed E-state index contributed by atoms with van der Waals surface area (Å²) in [4.78, 5) is 17.1. The maximum atomic E-state index is 12.8. The Bertz CT molecular complexity index is 807. The predicted molar refractivity (Wildman–Crippen MR) is 111 cm³/mol. The Balaban J connectivity index is 1.29. The highest BCUT2D eigenvalue weighted by molar-refractivity contribution is 5.92. The van der Waals surface area contributed by atoms with E-state index in [1.54, 1.807) is 7.11 Å². The summed E-state index contributed by atoms with van der Waals surface area (Å²) in [5, 5.41) is 8.37. The summed E-state index contributed by atoms with van der Waals surface area (Å²) in [6, 6.07) is 8.11. The Morgan fingerprint density at radius 3 is 2.62 bits per heavy atom. The zero-order chi connectivity index (χ0) is 20.1. The molecule has 0 unspecified atom stereocenters. The molecule has 0 radical (unpaired) electrons. The van der Waals surface area contributed by atoms with Crippen LogP contribution in [0.5, 0.6) is 5.75 Å². The van der Waals surface area contributed by atoms with Crippen LogP contribution in [0.3, 0.4) is 0 Å². The molecule has 0 bridgehead atoms. The van der Waals surface area contributed by atoms with Crippen molar-refractivity contribution in [2.45, 2.75) is 45.2 Å². The van der Waals surface area contributed by atoms with Gasteiger partial charge in [-0.25, -0.2) is 0 Å². The first-order chi connectivity index (χ1) is 14.2. The molecule has 1 saturated heterocycles. The quantitative estimate of drug-likeness (QED) is 0.750. The molecule has 0 atom stereocenters. The number of benzene rings is 1. The van der Waals surface area contributed by atoms with Gasteiger partial charge in [0, 0.05) is 44.8 Å². The Hall–Kier alpha value is -2.41. The minimum atomic E-state index is -0.00293. The van der Waals surface area contributed by atoms with Gasteiger partial charge in [-0.15, -0.1) is 5.10 Å². The predicted octanol–water partition coefficient (Wildman–Crippen LogP) is 2.83. The topological polar surface area (TPSA) is 63.5 Å². The molecule has 1 aliphatic carbocycles. The van der Waals surface area contributed by atoms with Crippen LogP contribution >= 0.6 is 0 Å². The molecule has 1 aromatic heterocycles. The molecule has 2 heterocycles. The van der Waals surface area contributed by atoms with Gasteiger partial charge in [0.1, 0.15) is 5.75 Å². The zero-order valence-corrected chi connectivity index (χ0v) is 17.3. The number of methoxy groups -OCH3 is 1. The van der Waals surface area contributed by atoms with Gasteiger partial charge in [0.25, 0.3) is 5.91 Å². The molecule has 1 saturated carbocycles. The number of ether oxygens (including phenoxy) is 1. The Labute approximate surface area is 172 Å². The molecule has 1 amide bonds. The van der Waals surface area contributed by atoms with Crippen LogP contribution in [0, 0.1) is 5.92 Å². The van der Waals surface area contributed by atoms with Crippen molar-refractivity contribution < 1.29 is 9.53 Å². The first-order valence-corrected chi connectivity index (χ1v) is 10.8. The normalized spacial score (nSPS) is 18.7. The summed E-state index contributed by atoms with van der Waals surface area (Å²) in [6.07, 6.45) is 8.32. The molecule has 1 aromatic carbocycles. The van der Waals surface area contributed by atoms with E-state index in [1.807, 2.05) is 34.0 Å². The lowest BCUT2D eigenvalue weighted by Gasteiger charge is -2.34. The third-order valence-electron chi connectivity index (χ3n) is 6.17. The van der Waals surface area contributed by atoms with Crippen LogP contribution in [-0.4, -0.2) is 64.0 Å². The number of nitrogens with zero attached hydrogens (tertiary/aromatic N) is 5. The minimum absolute atomic E-state index is 0.00293. The van der Waals surface area contributed by atoms with Gasteiger partial charge >= 0.3 is 0 Å². The molecule has 0 N–H and O–H groups in total. The van der Waals surface area contributed by atoms with Gasteiger partial charge in [-0.1, -0.05) is 42.7 Å². The van der Waals surface area contributed by atoms with Gasteiger partial charge < -0.3 is 9.64 Å². The summed E-state index contributed by atoms with van der Waals surface area (Å²) in [5.74, 6) is 1.59. The Morgan fingerprint density at radius 1 is 1.10 bits per heavy atom. The fraction of sp³-hybridized carbons (Fsp3) is 0.591. The third-order valence-corrected chi connectivity index (χ3v) is 6.17. The van der Waals surface area contributed by atoms with E-state index in [0.717, 1.165) is 31.9 Å². The van der Waals surface area contributed by atoms with Crippen molar-refractivity contribution in [1.82, 2.24) is 24.8 Å². The second-order valence-corrected chi connectivity index (χ2v) is 8.21. The molecule has 29 heavy (non-hydrogen) atoms. The molecular weight excluding hydrogens is 366 g/mol. The van der Waals surface area contributed by atoms with Gasteiger partial charge in [0.15, 0.2) is 5.69 Å². The van der Waals surface area contributed by atoms with E-state index in [9.17, 15) is 4.79 Å². The van der Waals surface area contributed by atoms with Crippen molar-refractivity contribution >= 4 is 5.91 Å². The van der Waals surface area contributed by atoms with Crippen LogP contribution in [0.15, 0.2) is 30.5 Å². The molecule has 2 aromatic rings. The number of para-hydroxylation sites is 1. The number of aromatic nitrogens is 3. The zero-order valence-electron chi connectivity index (χ0n) is 17.3. The van der Waals surface area contributed by atoms with Crippen LogP contribution in [0.4, 0.5) is 0 Å². The van der Waals surface area contributed by atoms with Crippen molar-refractivity contribution in [2.24, 2.45) is 5.92 Å². The second-order valence-electron chi connectivity index (χ2n) is 8.21. The van der Waals surface area contributed by atoms with E-state index in [2.05, 4.69) is 21.3 Å². The molecule has 7 nitrogen and oxygen atoms in total. The highest BCUT2D eigenvalue weighted by Gasteiger charge is 2.25. The molecule has 4 rings (SSSR count). The lowest BCUT2D eigenvalue weighted by atomic mass is 9.89. The monoisotopic (exact) mass is 397 g/mol. The highest BCUT2D eigenvalue weighted by Crippen LogP contribution is 2.25. The lowest BCUT2D eigenvalue weighted by molar-refractivity contribution is 0.0621. The van der Waals surface area contributed by atoms with E-state index in [4.69, 9.17) is 4.74 Å². The summed E-state index contributed by atoms with van der Waals surface area (Å²) >= 11 is 0. The number of hydrogen-bond acceptors (Lipinski definition) is 5. The SMILES string of the molecule is COc1ccccc1CN1CCN(C(=O)c2cn(CC3CCCCC3)nn2)CC1. The first-order valence-electron chi connectivity index (χ1n) is 10.8. The minimum Gasteiger partial charge on any atom is -0.496 e. The third kappa shape index (κ3) is 4.96. The second kappa shape index (κ2) is 9.39. The number of rotatable bonds is 6. The van der Waals surface area contributed by atoms with E-state index in [0.29, 0.717) is 24.7 Å². The van der Waals surface area contributed by atoms with Gasteiger partial charge in [-0.3, -0.25) is 14.4 Å². The van der Waals surface area contributed by atoms with E-state index < -0.39 is 0 Å². The van der Waals surface area contributed by atoms with Crippen LogP contribution < -0.4 is 4.74 Å². The summed E-state index contributed by atoms with van der Waals surface area (Å²) in [5.41, 5.74) is 1.65. The van der Waals surface area contributed by atoms with Crippen molar-refractivity contribution in [2.75, 3.05) is 33.3 Å². The van der Waals surface area contributed by atoms with E-state index >= 15 is 0 Å². The number of hydrogen-bond donors (Lipinski definition) is 0. The number of carbonyl (C=O) groups excluding carboxylic acids is 1. The van der Waals surface area contributed by atoms with Crippen molar-refractivity contribution in [1.29, 1.82) is 0 Å². The van der Waals surface area contributed by atoms with Crippen LogP contribution in [-0.2, 0) is 13.1 Å². The van der Waals surface area contributed by atoms with Gasteiger partial charge in [-0.05, 0) is 24.8 Å². The number of amides is 1. The Kier molecular flexibility index (Phi) is 6.44. The molecule has 156 valence electrons.